The zero-order chi connectivity index (χ0) is 21.4. The third-order valence-corrected chi connectivity index (χ3v) is 8.20. The first kappa shape index (κ1) is 20.3. The van der Waals surface area contributed by atoms with Crippen LogP contribution >= 0.6 is 11.3 Å². The number of sulfonamides is 1. The van der Waals surface area contributed by atoms with Gasteiger partial charge in [-0.2, -0.15) is 4.31 Å². The predicted molar refractivity (Wildman–Crippen MR) is 116 cm³/mol. The van der Waals surface area contributed by atoms with Crippen molar-refractivity contribution in [1.29, 1.82) is 0 Å². The van der Waals surface area contributed by atoms with E-state index in [1.807, 2.05) is 18.2 Å². The number of aromatic nitrogens is 1. The number of thiazole rings is 1. The van der Waals surface area contributed by atoms with E-state index >= 15 is 0 Å². The summed E-state index contributed by atoms with van der Waals surface area (Å²) in [4.78, 5) is 4.74. The van der Waals surface area contributed by atoms with Gasteiger partial charge in [-0.05, 0) is 43.2 Å². The summed E-state index contributed by atoms with van der Waals surface area (Å²) in [6.45, 7) is 1.66. The highest BCUT2D eigenvalue weighted by Gasteiger charge is 2.31. The summed E-state index contributed by atoms with van der Waals surface area (Å²) in [7, 11) is -1.97. The molecule has 0 bridgehead atoms. The second kappa shape index (κ2) is 8.18. The Morgan fingerprint density at radius 1 is 1.06 bits per heavy atom. The van der Waals surface area contributed by atoms with Gasteiger partial charge in [0, 0.05) is 19.2 Å². The number of rotatable bonds is 5. The van der Waals surface area contributed by atoms with Crippen LogP contribution in [0.5, 0.6) is 22.4 Å². The molecule has 8 nitrogen and oxygen atoms in total. The first-order valence-corrected chi connectivity index (χ1v) is 12.3. The molecule has 3 heterocycles. The molecular weight excluding hydrogens is 440 g/mol. The standard InChI is InChI=1S/C21H22N2O6S2/c1-26-15-2-4-17-20(12-15)30-21(22-17)29-14-6-8-23(9-7-14)31(24,25)16-3-5-18-19(13-16)28-11-10-27-18/h2-5,12-14H,6-11H2,1H3. The summed E-state index contributed by atoms with van der Waals surface area (Å²) in [5, 5.41) is 0.594. The van der Waals surface area contributed by atoms with E-state index < -0.39 is 10.0 Å². The van der Waals surface area contributed by atoms with Gasteiger partial charge >= 0.3 is 0 Å². The number of nitrogens with zero attached hydrogens (tertiary/aromatic N) is 2. The molecule has 1 fully saturated rings. The minimum atomic E-state index is -3.60. The van der Waals surface area contributed by atoms with Gasteiger partial charge < -0.3 is 18.9 Å². The number of methoxy groups -OCH3 is 1. The molecule has 31 heavy (non-hydrogen) atoms. The van der Waals surface area contributed by atoms with Crippen LogP contribution in [0.4, 0.5) is 0 Å². The van der Waals surface area contributed by atoms with E-state index in [1.54, 1.807) is 25.3 Å². The van der Waals surface area contributed by atoms with E-state index in [1.165, 1.54) is 15.6 Å². The van der Waals surface area contributed by atoms with Gasteiger partial charge in [0.15, 0.2) is 11.5 Å². The smallest absolute Gasteiger partial charge is 0.274 e. The molecule has 0 amide bonds. The monoisotopic (exact) mass is 462 g/mol. The molecule has 2 aliphatic heterocycles. The van der Waals surface area contributed by atoms with Gasteiger partial charge in [0.2, 0.25) is 10.0 Å². The van der Waals surface area contributed by atoms with E-state index in [-0.39, 0.29) is 11.0 Å². The van der Waals surface area contributed by atoms with Crippen molar-refractivity contribution in [2.45, 2.75) is 23.8 Å². The highest BCUT2D eigenvalue weighted by atomic mass is 32.2. The minimum Gasteiger partial charge on any atom is -0.497 e. The maximum Gasteiger partial charge on any atom is 0.274 e. The van der Waals surface area contributed by atoms with Crippen LogP contribution in [0.15, 0.2) is 41.3 Å². The number of piperidine rings is 1. The normalized spacial score (nSPS) is 17.6. The summed E-state index contributed by atoms with van der Waals surface area (Å²) in [5.74, 6) is 1.82. The second-order valence-corrected chi connectivity index (χ2v) is 10.3. The van der Waals surface area contributed by atoms with E-state index in [2.05, 4.69) is 4.98 Å². The topological polar surface area (TPSA) is 87.2 Å². The minimum absolute atomic E-state index is 0.0748. The molecule has 0 radical (unpaired) electrons. The number of hydrogen-bond donors (Lipinski definition) is 0. The lowest BCUT2D eigenvalue weighted by atomic mass is 10.1. The molecule has 0 saturated carbocycles. The number of benzene rings is 2. The van der Waals surface area contributed by atoms with Gasteiger partial charge in [-0.3, -0.25) is 0 Å². The van der Waals surface area contributed by atoms with Crippen LogP contribution in [-0.2, 0) is 10.0 Å². The third kappa shape index (κ3) is 4.02. The molecule has 3 aromatic rings. The zero-order valence-electron chi connectivity index (χ0n) is 16.9. The average Bonchev–Trinajstić information content (AvgIpc) is 3.20. The lowest BCUT2D eigenvalue weighted by Crippen LogP contribution is -2.41. The predicted octanol–water partition coefficient (Wildman–Crippen LogP) is 3.31. The Hall–Kier alpha value is -2.56. The van der Waals surface area contributed by atoms with Crippen molar-refractivity contribution in [3.63, 3.8) is 0 Å². The van der Waals surface area contributed by atoms with Crippen LogP contribution in [0.2, 0.25) is 0 Å². The molecule has 2 aliphatic rings. The molecule has 164 valence electrons. The molecule has 0 atom stereocenters. The van der Waals surface area contributed by atoms with Gasteiger partial charge in [-0.25, -0.2) is 13.4 Å². The van der Waals surface area contributed by atoms with Crippen LogP contribution in [0.3, 0.4) is 0 Å². The fourth-order valence-electron chi connectivity index (χ4n) is 3.73. The molecule has 0 unspecified atom stereocenters. The van der Waals surface area contributed by atoms with Crippen LogP contribution < -0.4 is 18.9 Å². The summed E-state index contributed by atoms with van der Waals surface area (Å²) in [5.41, 5.74) is 0.861. The van der Waals surface area contributed by atoms with Gasteiger partial charge in [0.05, 0.1) is 22.2 Å². The van der Waals surface area contributed by atoms with E-state index in [0.717, 1.165) is 16.0 Å². The van der Waals surface area contributed by atoms with E-state index in [0.29, 0.717) is 55.8 Å². The Morgan fingerprint density at radius 3 is 2.61 bits per heavy atom. The van der Waals surface area contributed by atoms with Gasteiger partial charge in [-0.15, -0.1) is 0 Å². The molecule has 2 aromatic carbocycles. The second-order valence-electron chi connectivity index (χ2n) is 7.34. The quantitative estimate of drug-likeness (QED) is 0.575. The van der Waals surface area contributed by atoms with Gasteiger partial charge in [-0.1, -0.05) is 11.3 Å². The van der Waals surface area contributed by atoms with Crippen LogP contribution in [0.1, 0.15) is 12.8 Å². The largest absolute Gasteiger partial charge is 0.497 e. The highest BCUT2D eigenvalue weighted by Crippen LogP contribution is 2.35. The molecular formula is C21H22N2O6S2. The zero-order valence-corrected chi connectivity index (χ0v) is 18.6. The lowest BCUT2D eigenvalue weighted by Gasteiger charge is -2.31. The van der Waals surface area contributed by atoms with Crippen molar-refractivity contribution in [3.8, 4) is 22.4 Å². The van der Waals surface area contributed by atoms with Gasteiger partial charge in [0.1, 0.15) is 25.1 Å². The van der Waals surface area contributed by atoms with Crippen molar-refractivity contribution in [3.05, 3.63) is 36.4 Å². The summed E-state index contributed by atoms with van der Waals surface area (Å²) in [6.07, 6.45) is 1.13. The number of hydrogen-bond acceptors (Lipinski definition) is 8. The fourth-order valence-corrected chi connectivity index (χ4v) is 6.12. The molecule has 10 heteroatoms. The Morgan fingerprint density at radius 2 is 1.84 bits per heavy atom. The Balaban J connectivity index is 1.24. The summed E-state index contributed by atoms with van der Waals surface area (Å²) in [6, 6.07) is 10.5. The molecule has 1 aromatic heterocycles. The Bertz CT molecular complexity index is 1200. The van der Waals surface area contributed by atoms with Crippen molar-refractivity contribution in [2.75, 3.05) is 33.4 Å². The molecule has 5 rings (SSSR count). The third-order valence-electron chi connectivity index (χ3n) is 5.40. The van der Waals surface area contributed by atoms with Gasteiger partial charge in [0.25, 0.3) is 5.19 Å². The first-order chi connectivity index (χ1) is 15.0. The summed E-state index contributed by atoms with van der Waals surface area (Å²) >= 11 is 1.47. The first-order valence-electron chi connectivity index (χ1n) is 10.0. The molecule has 0 aliphatic carbocycles. The van der Waals surface area contributed by atoms with Crippen molar-refractivity contribution in [2.24, 2.45) is 0 Å². The fraction of sp³-hybridized carbons (Fsp3) is 0.381. The van der Waals surface area contributed by atoms with Crippen LogP contribution in [-0.4, -0.2) is 57.2 Å². The number of ether oxygens (including phenoxy) is 4. The summed E-state index contributed by atoms with van der Waals surface area (Å²) < 4.78 is 51.0. The maximum atomic E-state index is 13.1. The van der Waals surface area contributed by atoms with E-state index in [4.69, 9.17) is 18.9 Å². The van der Waals surface area contributed by atoms with Crippen molar-refractivity contribution in [1.82, 2.24) is 9.29 Å². The number of fused-ring (bicyclic) bond motifs is 2. The maximum absolute atomic E-state index is 13.1. The SMILES string of the molecule is COc1ccc2nc(OC3CCN(S(=O)(=O)c4ccc5c(c4)OCCO5)CC3)sc2c1. The highest BCUT2D eigenvalue weighted by molar-refractivity contribution is 7.89. The Labute approximate surface area is 184 Å². The van der Waals surface area contributed by atoms with Crippen molar-refractivity contribution >= 4 is 31.6 Å². The molecule has 1 saturated heterocycles. The average molecular weight is 463 g/mol. The molecule has 0 spiro atoms. The molecule has 0 N–H and O–H groups in total. The van der Waals surface area contributed by atoms with Crippen LogP contribution in [0, 0.1) is 0 Å². The van der Waals surface area contributed by atoms with Crippen molar-refractivity contribution < 1.29 is 27.4 Å². The van der Waals surface area contributed by atoms with E-state index in [9.17, 15) is 8.42 Å². The Kier molecular flexibility index (Phi) is 5.37. The van der Waals surface area contributed by atoms with Crippen LogP contribution in [0.25, 0.3) is 10.2 Å². The lowest BCUT2D eigenvalue weighted by molar-refractivity contribution is 0.135.